The third kappa shape index (κ3) is 7.91. The molecule has 4 amide bonds. The zero-order valence-corrected chi connectivity index (χ0v) is 25.4. The molecule has 1 aliphatic rings. The van der Waals surface area contributed by atoms with Gasteiger partial charge in [-0.1, -0.05) is 34.1 Å². The number of aromatic carboxylic acids is 1. The molecule has 0 saturated carbocycles. The van der Waals surface area contributed by atoms with Crippen LogP contribution in [-0.4, -0.2) is 88.5 Å². The van der Waals surface area contributed by atoms with Gasteiger partial charge in [-0.15, -0.1) is 11.3 Å². The summed E-state index contributed by atoms with van der Waals surface area (Å²) in [5, 5.41) is 19.9. The molecule has 12 heteroatoms. The summed E-state index contributed by atoms with van der Waals surface area (Å²) in [6, 6.07) is -2.03. The van der Waals surface area contributed by atoms with E-state index in [9.17, 15) is 24.3 Å². The molecule has 1 aromatic rings. The Kier molecular flexibility index (Phi) is 11.7. The van der Waals surface area contributed by atoms with E-state index in [-0.39, 0.29) is 35.4 Å². The minimum absolute atomic E-state index is 0.00293. The van der Waals surface area contributed by atoms with Crippen molar-refractivity contribution in [3.8, 4) is 0 Å². The Morgan fingerprint density at radius 3 is 2.36 bits per heavy atom. The van der Waals surface area contributed by atoms with Gasteiger partial charge in [0.15, 0.2) is 5.69 Å². The highest BCUT2D eigenvalue weighted by molar-refractivity contribution is 7.09. The van der Waals surface area contributed by atoms with Crippen LogP contribution in [0.15, 0.2) is 5.38 Å². The first-order valence-electron chi connectivity index (χ1n) is 13.8. The van der Waals surface area contributed by atoms with Gasteiger partial charge in [0.2, 0.25) is 11.8 Å². The van der Waals surface area contributed by atoms with Crippen molar-refractivity contribution in [2.75, 3.05) is 27.2 Å². The lowest BCUT2D eigenvalue weighted by Gasteiger charge is -2.38. The van der Waals surface area contributed by atoms with E-state index in [0.29, 0.717) is 24.4 Å². The highest BCUT2D eigenvalue weighted by atomic mass is 32.1. The maximum Gasteiger partial charge on any atom is 0.355 e. The first-order chi connectivity index (χ1) is 18.3. The largest absolute Gasteiger partial charge is 0.476 e. The van der Waals surface area contributed by atoms with Crippen LogP contribution in [-0.2, 0) is 9.59 Å². The van der Waals surface area contributed by atoms with Crippen molar-refractivity contribution >= 4 is 35.2 Å². The Balaban J connectivity index is 2.33. The summed E-state index contributed by atoms with van der Waals surface area (Å²) in [6.45, 7) is 12.9. The van der Waals surface area contributed by atoms with Crippen LogP contribution in [0.2, 0.25) is 0 Å². The van der Waals surface area contributed by atoms with Crippen molar-refractivity contribution in [3.63, 3.8) is 0 Å². The van der Waals surface area contributed by atoms with Gasteiger partial charge in [0, 0.05) is 25.0 Å². The van der Waals surface area contributed by atoms with Crippen LogP contribution in [0.25, 0.3) is 0 Å². The van der Waals surface area contributed by atoms with Crippen LogP contribution in [0.1, 0.15) is 88.8 Å². The fourth-order valence-corrected chi connectivity index (χ4v) is 5.86. The molecule has 0 radical (unpaired) electrons. The third-order valence-corrected chi connectivity index (χ3v) is 8.99. The van der Waals surface area contributed by atoms with E-state index < -0.39 is 29.6 Å². The number of aromatic nitrogens is 1. The van der Waals surface area contributed by atoms with Gasteiger partial charge < -0.3 is 26.0 Å². The number of likely N-dealkylation sites (N-methyl/N-ethyl adjacent to an activating group) is 2. The number of carbonyl (C=O) groups is 4. The maximum atomic E-state index is 14.0. The van der Waals surface area contributed by atoms with Crippen LogP contribution < -0.4 is 16.0 Å². The lowest BCUT2D eigenvalue weighted by molar-refractivity contribution is -0.142. The summed E-state index contributed by atoms with van der Waals surface area (Å²) in [6.07, 6.45) is 2.70. The Labute approximate surface area is 236 Å². The summed E-state index contributed by atoms with van der Waals surface area (Å²) >= 11 is 1.16. The van der Waals surface area contributed by atoms with Crippen LogP contribution in [0.3, 0.4) is 0 Å². The van der Waals surface area contributed by atoms with Crippen LogP contribution in [0.5, 0.6) is 0 Å². The molecule has 1 aliphatic heterocycles. The fourth-order valence-electron chi connectivity index (χ4n) is 5.00. The second-order valence-electron chi connectivity index (χ2n) is 11.1. The molecule has 11 nitrogen and oxygen atoms in total. The van der Waals surface area contributed by atoms with Gasteiger partial charge in [-0.25, -0.2) is 14.6 Å². The van der Waals surface area contributed by atoms with Crippen molar-refractivity contribution in [1.29, 1.82) is 0 Å². The van der Waals surface area contributed by atoms with Crippen molar-refractivity contribution in [2.24, 2.45) is 11.8 Å². The predicted octanol–water partition coefficient (Wildman–Crippen LogP) is 3.09. The summed E-state index contributed by atoms with van der Waals surface area (Å²) < 4.78 is 0. The van der Waals surface area contributed by atoms with Crippen molar-refractivity contribution < 1.29 is 24.3 Å². The lowest BCUT2D eigenvalue weighted by Crippen LogP contribution is -2.60. The molecule has 1 unspecified atom stereocenters. The van der Waals surface area contributed by atoms with E-state index in [1.165, 1.54) is 5.38 Å². The minimum Gasteiger partial charge on any atom is -0.476 e. The lowest BCUT2D eigenvalue weighted by atomic mass is 9.91. The Bertz CT molecular complexity index is 1020. The standard InChI is InChI=1S/C27H46N6O5S/c1-9-17(5)21(31-25(37)27(6)12-11-13-32(27)7)23(34)33(8)20(16(3)4)14-18(30-26(38)28-10-2)22-29-19(15-39-22)24(35)36/h15-18,20-21H,9-14H2,1-8H3,(H,31,37)(H,35,36)(H2,28,30,38)/t17?,18-,20-,21+,27-/m1/s1. The number of likely N-dealkylation sites (tertiary alicyclic amines) is 1. The maximum absolute atomic E-state index is 14.0. The molecule has 0 spiro atoms. The SMILES string of the molecule is CCNC(=O)N[C@H](C[C@H](C(C)C)N(C)C(=O)[C@@H](NC(=O)[C@@]1(C)CCCN1C)C(C)CC)c1nc(C(=O)O)cs1. The second kappa shape index (κ2) is 14.1. The number of hydrogen-bond donors (Lipinski definition) is 4. The topological polar surface area (TPSA) is 144 Å². The van der Waals surface area contributed by atoms with E-state index in [0.717, 1.165) is 30.7 Å². The summed E-state index contributed by atoms with van der Waals surface area (Å²) in [5.74, 6) is -1.56. The molecule has 1 aromatic heterocycles. The number of rotatable bonds is 13. The molecule has 5 atom stereocenters. The van der Waals surface area contributed by atoms with Gasteiger partial charge in [-0.2, -0.15) is 0 Å². The summed E-state index contributed by atoms with van der Waals surface area (Å²) in [7, 11) is 3.66. The molecule has 220 valence electrons. The molecule has 0 bridgehead atoms. The van der Waals surface area contributed by atoms with Crippen LogP contribution in [0, 0.1) is 11.8 Å². The molecule has 2 rings (SSSR count). The number of urea groups is 1. The minimum atomic E-state index is -1.14. The molecule has 1 saturated heterocycles. The first-order valence-corrected chi connectivity index (χ1v) is 14.7. The predicted molar refractivity (Wildman–Crippen MR) is 152 cm³/mol. The molecule has 0 aliphatic carbocycles. The zero-order chi connectivity index (χ0) is 29.5. The molecule has 0 aromatic carbocycles. The average molecular weight is 567 g/mol. The van der Waals surface area contributed by atoms with Crippen molar-refractivity contribution in [1.82, 2.24) is 30.7 Å². The van der Waals surface area contributed by atoms with E-state index in [2.05, 4.69) is 20.9 Å². The van der Waals surface area contributed by atoms with Gasteiger partial charge in [0.25, 0.3) is 0 Å². The number of carboxylic acid groups (broad SMARTS) is 1. The van der Waals surface area contributed by atoms with E-state index in [1.807, 2.05) is 46.6 Å². The Morgan fingerprint density at radius 1 is 1.21 bits per heavy atom. The molecule has 2 heterocycles. The fraction of sp³-hybridized carbons (Fsp3) is 0.741. The highest BCUT2D eigenvalue weighted by Gasteiger charge is 2.43. The quantitative estimate of drug-likeness (QED) is 0.287. The molecular formula is C27H46N6O5S. The number of nitrogens with zero attached hydrogens (tertiary/aromatic N) is 3. The summed E-state index contributed by atoms with van der Waals surface area (Å²) in [5.41, 5.74) is -0.746. The number of hydrogen-bond acceptors (Lipinski definition) is 7. The highest BCUT2D eigenvalue weighted by Crippen LogP contribution is 2.30. The molecule has 39 heavy (non-hydrogen) atoms. The van der Waals surface area contributed by atoms with Crippen molar-refractivity contribution in [2.45, 2.75) is 90.9 Å². The zero-order valence-electron chi connectivity index (χ0n) is 24.5. The molecular weight excluding hydrogens is 520 g/mol. The number of amides is 4. The average Bonchev–Trinajstić information content (AvgIpc) is 3.51. The Hall–Kier alpha value is -2.73. The van der Waals surface area contributed by atoms with E-state index >= 15 is 0 Å². The monoisotopic (exact) mass is 566 g/mol. The smallest absolute Gasteiger partial charge is 0.355 e. The van der Waals surface area contributed by atoms with Gasteiger partial charge in [-0.05, 0) is 58.5 Å². The van der Waals surface area contributed by atoms with Gasteiger partial charge in [0.05, 0.1) is 11.6 Å². The molecule has 1 fully saturated rings. The normalized spacial score (nSPS) is 20.6. The third-order valence-electron chi connectivity index (χ3n) is 8.03. The number of carboxylic acids is 1. The van der Waals surface area contributed by atoms with Crippen LogP contribution >= 0.6 is 11.3 Å². The summed E-state index contributed by atoms with van der Waals surface area (Å²) in [4.78, 5) is 59.2. The van der Waals surface area contributed by atoms with Gasteiger partial charge in [0.1, 0.15) is 11.0 Å². The van der Waals surface area contributed by atoms with Crippen LogP contribution in [0.4, 0.5) is 4.79 Å². The number of nitrogens with one attached hydrogen (secondary N) is 3. The second-order valence-corrected chi connectivity index (χ2v) is 12.0. The van der Waals surface area contributed by atoms with E-state index in [4.69, 9.17) is 0 Å². The molecule has 4 N–H and O–H groups in total. The Morgan fingerprint density at radius 2 is 1.87 bits per heavy atom. The first kappa shape index (κ1) is 32.5. The van der Waals surface area contributed by atoms with Gasteiger partial charge in [-0.3, -0.25) is 14.5 Å². The van der Waals surface area contributed by atoms with Gasteiger partial charge >= 0.3 is 12.0 Å². The van der Waals surface area contributed by atoms with E-state index in [1.54, 1.807) is 18.9 Å². The van der Waals surface area contributed by atoms with Crippen molar-refractivity contribution in [3.05, 3.63) is 16.1 Å². The number of thiazole rings is 1. The number of carbonyl (C=O) groups excluding carboxylic acids is 3.